The highest BCUT2D eigenvalue weighted by atomic mass is 16.5. The van der Waals surface area contributed by atoms with Gasteiger partial charge in [0.05, 0.1) is 24.8 Å². The van der Waals surface area contributed by atoms with Gasteiger partial charge in [0.25, 0.3) is 0 Å². The van der Waals surface area contributed by atoms with E-state index in [4.69, 9.17) is 4.74 Å². The van der Waals surface area contributed by atoms with Gasteiger partial charge in [0.15, 0.2) is 0 Å². The number of hydrogen-bond donors (Lipinski definition) is 1. The summed E-state index contributed by atoms with van der Waals surface area (Å²) in [5, 5.41) is 7.48. The maximum Gasteiger partial charge on any atom is 0.231 e. The molecule has 1 aromatic heterocycles. The molecule has 5 heteroatoms. The molecule has 5 nitrogen and oxygen atoms in total. The number of nitrogens with one attached hydrogen (secondary N) is 1. The van der Waals surface area contributed by atoms with Crippen molar-refractivity contribution < 1.29 is 9.53 Å². The van der Waals surface area contributed by atoms with Crippen molar-refractivity contribution in [3.63, 3.8) is 0 Å². The third-order valence-electron chi connectivity index (χ3n) is 3.87. The Bertz CT molecular complexity index is 672. The first-order valence-electron chi connectivity index (χ1n) is 7.60. The van der Waals surface area contributed by atoms with Gasteiger partial charge < -0.3 is 10.1 Å². The SMILES string of the molecule is Cc1cccc(Cn2nc(C)cc2NC(=O)[C@H]2CCOC2)c1. The van der Waals surface area contributed by atoms with Crippen LogP contribution >= 0.6 is 0 Å². The quantitative estimate of drug-likeness (QED) is 0.944. The molecule has 0 aliphatic carbocycles. The fraction of sp³-hybridized carbons (Fsp3) is 0.412. The van der Waals surface area contributed by atoms with E-state index in [1.807, 2.05) is 23.7 Å². The fourth-order valence-electron chi connectivity index (χ4n) is 2.72. The molecule has 3 rings (SSSR count). The number of carbonyl (C=O) groups is 1. The number of nitrogens with zero attached hydrogens (tertiary/aromatic N) is 2. The van der Waals surface area contributed by atoms with Gasteiger partial charge in [0, 0.05) is 12.7 Å². The van der Waals surface area contributed by atoms with E-state index >= 15 is 0 Å². The molecule has 1 fully saturated rings. The molecule has 2 heterocycles. The summed E-state index contributed by atoms with van der Waals surface area (Å²) in [5.41, 5.74) is 3.28. The van der Waals surface area contributed by atoms with Crippen molar-refractivity contribution in [3.05, 3.63) is 47.2 Å². The Hall–Kier alpha value is -2.14. The van der Waals surface area contributed by atoms with Gasteiger partial charge in [-0.2, -0.15) is 5.10 Å². The monoisotopic (exact) mass is 299 g/mol. The number of ether oxygens (including phenoxy) is 1. The molecule has 1 N–H and O–H groups in total. The smallest absolute Gasteiger partial charge is 0.231 e. The van der Waals surface area contributed by atoms with Crippen LogP contribution in [0.3, 0.4) is 0 Å². The van der Waals surface area contributed by atoms with Crippen LogP contribution < -0.4 is 5.32 Å². The maximum atomic E-state index is 12.3. The van der Waals surface area contributed by atoms with Crippen molar-refractivity contribution in [3.8, 4) is 0 Å². The molecule has 1 aromatic carbocycles. The zero-order valence-electron chi connectivity index (χ0n) is 13.0. The Balaban J connectivity index is 1.76. The van der Waals surface area contributed by atoms with Crippen LogP contribution in [0, 0.1) is 19.8 Å². The van der Waals surface area contributed by atoms with E-state index in [1.165, 1.54) is 11.1 Å². The summed E-state index contributed by atoms with van der Waals surface area (Å²) in [5.74, 6) is 0.710. The van der Waals surface area contributed by atoms with Crippen LogP contribution in [0.5, 0.6) is 0 Å². The molecule has 1 saturated heterocycles. The number of carbonyl (C=O) groups excluding carboxylic acids is 1. The number of rotatable bonds is 4. The van der Waals surface area contributed by atoms with Crippen molar-refractivity contribution in [2.75, 3.05) is 18.5 Å². The molecule has 0 unspecified atom stereocenters. The molecule has 22 heavy (non-hydrogen) atoms. The first-order chi connectivity index (χ1) is 10.6. The lowest BCUT2D eigenvalue weighted by Crippen LogP contribution is -2.24. The Morgan fingerprint density at radius 3 is 3.00 bits per heavy atom. The molecular formula is C17H21N3O2. The average molecular weight is 299 g/mol. The molecule has 116 valence electrons. The van der Waals surface area contributed by atoms with Crippen molar-refractivity contribution in [1.29, 1.82) is 0 Å². The van der Waals surface area contributed by atoms with E-state index in [1.54, 1.807) is 0 Å². The predicted molar refractivity (Wildman–Crippen MR) is 84.8 cm³/mol. The summed E-state index contributed by atoms with van der Waals surface area (Å²) >= 11 is 0. The van der Waals surface area contributed by atoms with E-state index in [2.05, 4.69) is 35.5 Å². The molecule has 1 aliphatic heterocycles. The number of benzene rings is 1. The van der Waals surface area contributed by atoms with Crippen LogP contribution in [0.2, 0.25) is 0 Å². The highest BCUT2D eigenvalue weighted by Gasteiger charge is 2.24. The van der Waals surface area contributed by atoms with Gasteiger partial charge in [-0.05, 0) is 25.8 Å². The molecule has 1 atom stereocenters. The summed E-state index contributed by atoms with van der Waals surface area (Å²) in [6, 6.07) is 10.2. The molecule has 0 saturated carbocycles. The number of aromatic nitrogens is 2. The van der Waals surface area contributed by atoms with Crippen LogP contribution in [-0.2, 0) is 16.1 Å². The summed E-state index contributed by atoms with van der Waals surface area (Å²) in [6.45, 7) is 5.82. The Morgan fingerprint density at radius 1 is 1.41 bits per heavy atom. The number of anilines is 1. The molecule has 0 bridgehead atoms. The largest absolute Gasteiger partial charge is 0.381 e. The Labute approximate surface area is 130 Å². The molecule has 0 radical (unpaired) electrons. The van der Waals surface area contributed by atoms with Gasteiger partial charge in [-0.15, -0.1) is 0 Å². The van der Waals surface area contributed by atoms with Crippen molar-refractivity contribution in [2.45, 2.75) is 26.8 Å². The van der Waals surface area contributed by atoms with Crippen LogP contribution in [0.25, 0.3) is 0 Å². The van der Waals surface area contributed by atoms with Gasteiger partial charge in [-0.3, -0.25) is 4.79 Å². The number of aryl methyl sites for hydroxylation is 2. The fourth-order valence-corrected chi connectivity index (χ4v) is 2.72. The first kappa shape index (κ1) is 14.8. The lowest BCUT2D eigenvalue weighted by atomic mass is 10.1. The van der Waals surface area contributed by atoms with Crippen LogP contribution in [0.15, 0.2) is 30.3 Å². The van der Waals surface area contributed by atoms with E-state index in [-0.39, 0.29) is 11.8 Å². The van der Waals surface area contributed by atoms with E-state index < -0.39 is 0 Å². The van der Waals surface area contributed by atoms with E-state index in [0.29, 0.717) is 19.8 Å². The third kappa shape index (κ3) is 3.36. The van der Waals surface area contributed by atoms with Gasteiger partial charge in [0.1, 0.15) is 5.82 Å². The Morgan fingerprint density at radius 2 is 2.27 bits per heavy atom. The zero-order valence-corrected chi connectivity index (χ0v) is 13.0. The number of hydrogen-bond acceptors (Lipinski definition) is 3. The molecular weight excluding hydrogens is 278 g/mol. The van der Waals surface area contributed by atoms with Gasteiger partial charge in [0.2, 0.25) is 5.91 Å². The van der Waals surface area contributed by atoms with Gasteiger partial charge >= 0.3 is 0 Å². The molecule has 1 aliphatic rings. The second-order valence-electron chi connectivity index (χ2n) is 5.87. The minimum atomic E-state index is -0.0531. The molecule has 2 aromatic rings. The minimum Gasteiger partial charge on any atom is -0.381 e. The zero-order chi connectivity index (χ0) is 15.5. The molecule has 0 spiro atoms. The van der Waals surface area contributed by atoms with Crippen molar-refractivity contribution in [1.82, 2.24) is 9.78 Å². The highest BCUT2D eigenvalue weighted by molar-refractivity contribution is 5.92. The normalized spacial score (nSPS) is 17.6. The average Bonchev–Trinajstić information content (AvgIpc) is 3.09. The lowest BCUT2D eigenvalue weighted by Gasteiger charge is -2.12. The van der Waals surface area contributed by atoms with Gasteiger partial charge in [-0.1, -0.05) is 29.8 Å². The number of amides is 1. The molecule has 1 amide bonds. The van der Waals surface area contributed by atoms with Crippen molar-refractivity contribution in [2.24, 2.45) is 5.92 Å². The lowest BCUT2D eigenvalue weighted by molar-refractivity contribution is -0.119. The van der Waals surface area contributed by atoms with E-state index in [0.717, 1.165) is 17.9 Å². The topological polar surface area (TPSA) is 56.2 Å². The second-order valence-corrected chi connectivity index (χ2v) is 5.87. The third-order valence-corrected chi connectivity index (χ3v) is 3.87. The standard InChI is InChI=1S/C17H21N3O2/c1-12-4-3-5-14(8-12)10-20-16(9-13(2)19-20)18-17(21)15-6-7-22-11-15/h3-5,8-9,15H,6-7,10-11H2,1-2H3,(H,18,21)/t15-/m0/s1. The van der Waals surface area contributed by atoms with Crippen molar-refractivity contribution >= 4 is 11.7 Å². The van der Waals surface area contributed by atoms with Crippen LogP contribution in [0.1, 0.15) is 23.2 Å². The predicted octanol–water partition coefficient (Wildman–Crippen LogP) is 2.52. The van der Waals surface area contributed by atoms with Crippen LogP contribution in [-0.4, -0.2) is 28.9 Å². The highest BCUT2D eigenvalue weighted by Crippen LogP contribution is 2.18. The second kappa shape index (κ2) is 6.32. The summed E-state index contributed by atoms with van der Waals surface area (Å²) in [7, 11) is 0. The minimum absolute atomic E-state index is 0.0166. The Kier molecular flexibility index (Phi) is 4.24. The maximum absolute atomic E-state index is 12.3. The summed E-state index contributed by atoms with van der Waals surface area (Å²) in [6.07, 6.45) is 0.789. The van der Waals surface area contributed by atoms with Crippen LogP contribution in [0.4, 0.5) is 5.82 Å². The van der Waals surface area contributed by atoms with E-state index in [9.17, 15) is 4.79 Å². The first-order valence-corrected chi connectivity index (χ1v) is 7.60. The summed E-state index contributed by atoms with van der Waals surface area (Å²) < 4.78 is 7.12. The van der Waals surface area contributed by atoms with Gasteiger partial charge in [-0.25, -0.2) is 4.68 Å². The summed E-state index contributed by atoms with van der Waals surface area (Å²) in [4.78, 5) is 12.3.